The fourth-order valence-electron chi connectivity index (χ4n) is 4.53. The van der Waals surface area contributed by atoms with Crippen molar-refractivity contribution in [2.75, 3.05) is 19.7 Å². The summed E-state index contributed by atoms with van der Waals surface area (Å²) in [6.07, 6.45) is 0.491. The molecule has 210 valence electrons. The standard InChI is InChI=1S/C29H38N4O6/c1-29(2,3)39-25(34)15-9-16-31-26(35)24(14-8-17-32-27(30)36)33-28(37)38-18-23-21-12-6-4-10-19(21)20-11-5-7-13-22(20)23/h4-7,10-13,23-24H,8-9,14-18H2,1-3H3,(H,31,35)(H,33,37)(H3,30,32,36)/t24-/m0/s1. The number of hydrogen-bond donors (Lipinski definition) is 4. The Labute approximate surface area is 229 Å². The highest BCUT2D eigenvalue weighted by atomic mass is 16.6. The van der Waals surface area contributed by atoms with Gasteiger partial charge in [-0.3, -0.25) is 9.59 Å². The van der Waals surface area contributed by atoms with Gasteiger partial charge in [0.15, 0.2) is 0 Å². The highest BCUT2D eigenvalue weighted by Crippen LogP contribution is 2.44. The Kier molecular flexibility index (Phi) is 10.3. The lowest BCUT2D eigenvalue weighted by atomic mass is 9.98. The van der Waals surface area contributed by atoms with Gasteiger partial charge < -0.3 is 31.2 Å². The highest BCUT2D eigenvalue weighted by Gasteiger charge is 2.29. The zero-order valence-corrected chi connectivity index (χ0v) is 22.8. The predicted octanol–water partition coefficient (Wildman–Crippen LogP) is 3.58. The summed E-state index contributed by atoms with van der Waals surface area (Å²) in [5.74, 6) is -0.864. The Balaban J connectivity index is 1.54. The molecule has 0 aromatic heterocycles. The first-order chi connectivity index (χ1) is 18.5. The molecule has 10 nitrogen and oxygen atoms in total. The molecule has 39 heavy (non-hydrogen) atoms. The third kappa shape index (κ3) is 9.01. The molecule has 0 spiro atoms. The van der Waals surface area contributed by atoms with Gasteiger partial charge in [-0.25, -0.2) is 9.59 Å². The number of amides is 4. The number of rotatable bonds is 12. The van der Waals surface area contributed by atoms with Crippen LogP contribution in [-0.4, -0.2) is 55.3 Å². The second kappa shape index (κ2) is 13.6. The van der Waals surface area contributed by atoms with Gasteiger partial charge in [-0.05, 0) is 62.3 Å². The number of nitrogens with two attached hydrogens (primary N) is 1. The number of alkyl carbamates (subject to hydrolysis) is 1. The Morgan fingerprint density at radius 1 is 0.897 bits per heavy atom. The Morgan fingerprint density at radius 3 is 2.08 bits per heavy atom. The minimum absolute atomic E-state index is 0.108. The molecule has 3 rings (SSSR count). The summed E-state index contributed by atoms with van der Waals surface area (Å²) >= 11 is 0. The van der Waals surface area contributed by atoms with E-state index in [9.17, 15) is 19.2 Å². The summed E-state index contributed by atoms with van der Waals surface area (Å²) < 4.78 is 10.9. The van der Waals surface area contributed by atoms with Crippen LogP contribution in [0.15, 0.2) is 48.5 Å². The van der Waals surface area contributed by atoms with Crippen LogP contribution >= 0.6 is 0 Å². The molecule has 0 saturated heterocycles. The Hall–Kier alpha value is -4.08. The van der Waals surface area contributed by atoms with Crippen LogP contribution in [-0.2, 0) is 19.1 Å². The zero-order chi connectivity index (χ0) is 28.4. The smallest absolute Gasteiger partial charge is 0.407 e. The first kappa shape index (κ1) is 29.5. The molecule has 0 unspecified atom stereocenters. The molecule has 1 aliphatic rings. The molecule has 2 aromatic rings. The van der Waals surface area contributed by atoms with Crippen LogP contribution in [0, 0.1) is 0 Å². The lowest BCUT2D eigenvalue weighted by molar-refractivity contribution is -0.155. The van der Waals surface area contributed by atoms with Crippen molar-refractivity contribution >= 4 is 24.0 Å². The topological polar surface area (TPSA) is 149 Å². The van der Waals surface area contributed by atoms with E-state index in [4.69, 9.17) is 15.2 Å². The van der Waals surface area contributed by atoms with Crippen molar-refractivity contribution in [2.24, 2.45) is 5.73 Å². The van der Waals surface area contributed by atoms with Crippen molar-refractivity contribution < 1.29 is 28.7 Å². The van der Waals surface area contributed by atoms with Crippen LogP contribution in [0.4, 0.5) is 9.59 Å². The molecule has 0 saturated carbocycles. The van der Waals surface area contributed by atoms with Gasteiger partial charge in [0.25, 0.3) is 0 Å². The van der Waals surface area contributed by atoms with E-state index in [1.165, 1.54) is 0 Å². The van der Waals surface area contributed by atoms with Crippen LogP contribution in [0.1, 0.15) is 63.5 Å². The van der Waals surface area contributed by atoms with Gasteiger partial charge in [0.1, 0.15) is 18.2 Å². The number of benzene rings is 2. The number of fused-ring (bicyclic) bond motifs is 3. The predicted molar refractivity (Wildman–Crippen MR) is 147 cm³/mol. The van der Waals surface area contributed by atoms with E-state index in [0.717, 1.165) is 22.3 Å². The van der Waals surface area contributed by atoms with Gasteiger partial charge in [0.05, 0.1) is 0 Å². The molecule has 1 aliphatic carbocycles. The normalized spacial score (nSPS) is 13.0. The monoisotopic (exact) mass is 538 g/mol. The van der Waals surface area contributed by atoms with E-state index in [1.807, 2.05) is 36.4 Å². The summed E-state index contributed by atoms with van der Waals surface area (Å²) in [5, 5.41) is 7.87. The SMILES string of the molecule is CC(C)(C)OC(=O)CCCNC(=O)[C@H](CCCNC(N)=O)NC(=O)OCC1c2ccccc2-c2ccccc21. The molecular weight excluding hydrogens is 500 g/mol. The molecule has 1 atom stereocenters. The van der Waals surface area contributed by atoms with Crippen LogP contribution in [0.3, 0.4) is 0 Å². The number of esters is 1. The number of ether oxygens (including phenoxy) is 2. The maximum atomic E-state index is 12.9. The molecule has 4 amide bonds. The summed E-state index contributed by atoms with van der Waals surface area (Å²) in [7, 11) is 0. The number of primary amides is 1. The molecule has 0 fully saturated rings. The maximum absolute atomic E-state index is 12.9. The molecule has 0 aliphatic heterocycles. The molecule has 0 radical (unpaired) electrons. The van der Waals surface area contributed by atoms with Gasteiger partial charge in [0, 0.05) is 25.4 Å². The number of hydrogen-bond acceptors (Lipinski definition) is 6. The van der Waals surface area contributed by atoms with Crippen molar-refractivity contribution in [3.05, 3.63) is 59.7 Å². The van der Waals surface area contributed by atoms with Crippen molar-refractivity contribution in [1.29, 1.82) is 0 Å². The van der Waals surface area contributed by atoms with Gasteiger partial charge in [-0.1, -0.05) is 48.5 Å². The largest absolute Gasteiger partial charge is 0.460 e. The average molecular weight is 539 g/mol. The van der Waals surface area contributed by atoms with E-state index in [2.05, 4.69) is 28.1 Å². The van der Waals surface area contributed by atoms with E-state index in [-0.39, 0.29) is 44.4 Å². The van der Waals surface area contributed by atoms with Gasteiger partial charge in [-0.2, -0.15) is 0 Å². The lowest BCUT2D eigenvalue weighted by Crippen LogP contribution is -2.47. The number of nitrogens with one attached hydrogen (secondary N) is 3. The second-order valence-corrected chi connectivity index (χ2v) is 10.4. The molecule has 0 heterocycles. The van der Waals surface area contributed by atoms with Crippen LogP contribution in [0.5, 0.6) is 0 Å². The summed E-state index contributed by atoms with van der Waals surface area (Å²) in [6.45, 7) is 5.98. The van der Waals surface area contributed by atoms with E-state index in [0.29, 0.717) is 12.8 Å². The molecule has 5 N–H and O–H groups in total. The molecule has 2 aromatic carbocycles. The maximum Gasteiger partial charge on any atom is 0.407 e. The summed E-state index contributed by atoms with van der Waals surface area (Å²) in [6, 6.07) is 14.5. The van der Waals surface area contributed by atoms with Gasteiger partial charge in [-0.15, -0.1) is 0 Å². The highest BCUT2D eigenvalue weighted by molar-refractivity contribution is 5.85. The quantitative estimate of drug-likeness (QED) is 0.240. The summed E-state index contributed by atoms with van der Waals surface area (Å²) in [5.41, 5.74) is 8.94. The third-order valence-corrected chi connectivity index (χ3v) is 6.20. The minimum atomic E-state index is -0.892. The summed E-state index contributed by atoms with van der Waals surface area (Å²) in [4.78, 5) is 48.5. The van der Waals surface area contributed by atoms with Crippen LogP contribution in [0.25, 0.3) is 11.1 Å². The zero-order valence-electron chi connectivity index (χ0n) is 22.8. The average Bonchev–Trinajstić information content (AvgIpc) is 3.19. The number of urea groups is 1. The van der Waals surface area contributed by atoms with Gasteiger partial charge >= 0.3 is 18.1 Å². The van der Waals surface area contributed by atoms with Crippen LogP contribution < -0.4 is 21.7 Å². The fourth-order valence-corrected chi connectivity index (χ4v) is 4.53. The fraction of sp³-hybridized carbons (Fsp3) is 0.448. The van der Waals surface area contributed by atoms with Crippen molar-refractivity contribution in [1.82, 2.24) is 16.0 Å². The van der Waals surface area contributed by atoms with Crippen molar-refractivity contribution in [3.63, 3.8) is 0 Å². The first-order valence-corrected chi connectivity index (χ1v) is 13.2. The lowest BCUT2D eigenvalue weighted by Gasteiger charge is -2.20. The number of carbonyl (C=O) groups is 4. The van der Waals surface area contributed by atoms with E-state index < -0.39 is 29.7 Å². The molecule has 0 bridgehead atoms. The third-order valence-electron chi connectivity index (χ3n) is 6.20. The first-order valence-electron chi connectivity index (χ1n) is 13.2. The molecule has 10 heteroatoms. The minimum Gasteiger partial charge on any atom is -0.460 e. The Bertz CT molecular complexity index is 1130. The van der Waals surface area contributed by atoms with E-state index in [1.54, 1.807) is 20.8 Å². The van der Waals surface area contributed by atoms with Crippen molar-refractivity contribution in [3.8, 4) is 11.1 Å². The van der Waals surface area contributed by atoms with Crippen LogP contribution in [0.2, 0.25) is 0 Å². The Morgan fingerprint density at radius 2 is 1.49 bits per heavy atom. The van der Waals surface area contributed by atoms with Gasteiger partial charge in [0.2, 0.25) is 5.91 Å². The van der Waals surface area contributed by atoms with E-state index >= 15 is 0 Å². The van der Waals surface area contributed by atoms with Crippen molar-refractivity contribution in [2.45, 2.75) is 64.0 Å². The number of carbonyl (C=O) groups excluding carboxylic acids is 4. The second-order valence-electron chi connectivity index (χ2n) is 10.4. The molecular formula is C29H38N4O6.